The highest BCUT2D eigenvalue weighted by molar-refractivity contribution is 5.24. The molecule has 0 heteroatoms. The summed E-state index contributed by atoms with van der Waals surface area (Å²) < 4.78 is 0. The van der Waals surface area contributed by atoms with Gasteiger partial charge in [0.25, 0.3) is 0 Å². The van der Waals surface area contributed by atoms with Crippen LogP contribution in [0, 0.1) is 12.8 Å². The quantitative estimate of drug-likeness (QED) is 0.459. The number of hydrogen-bond donors (Lipinski definition) is 0. The van der Waals surface area contributed by atoms with E-state index in [2.05, 4.69) is 71.5 Å². The van der Waals surface area contributed by atoms with Gasteiger partial charge in [0.15, 0.2) is 0 Å². The van der Waals surface area contributed by atoms with Crippen molar-refractivity contribution < 1.29 is 0 Å². The Morgan fingerprint density at radius 1 is 1.10 bits per heavy atom. The van der Waals surface area contributed by atoms with E-state index in [1.807, 2.05) is 0 Å². The summed E-state index contributed by atoms with van der Waals surface area (Å²) in [6.45, 7) is 15.3. The predicted molar refractivity (Wildman–Crippen MR) is 95.8 cm³/mol. The number of benzene rings is 1. The summed E-state index contributed by atoms with van der Waals surface area (Å²) in [5.74, 6) is 1.25. The molecule has 1 unspecified atom stereocenters. The zero-order chi connectivity index (χ0) is 15.8. The molecule has 0 aromatic heterocycles. The molecule has 1 aromatic carbocycles. The smallest absolute Gasteiger partial charge is 0.0187 e. The minimum Gasteiger partial charge on any atom is -0.0996 e. The fourth-order valence-corrected chi connectivity index (χ4v) is 2.39. The van der Waals surface area contributed by atoms with Gasteiger partial charge in [-0.2, -0.15) is 0 Å². The Balaban J connectivity index is 2.35. The van der Waals surface area contributed by atoms with E-state index >= 15 is 0 Å². The molecular weight excluding hydrogens is 252 g/mol. The molecule has 116 valence electrons. The number of hydrogen-bond acceptors (Lipinski definition) is 0. The van der Waals surface area contributed by atoms with Gasteiger partial charge in [0.2, 0.25) is 0 Å². The Kier molecular flexibility index (Phi) is 7.50. The van der Waals surface area contributed by atoms with Crippen LogP contribution < -0.4 is 0 Å². The Hall–Kier alpha value is -1.30. The van der Waals surface area contributed by atoms with Gasteiger partial charge in [0.1, 0.15) is 0 Å². The Labute approximate surface area is 132 Å². The first-order valence-electron chi connectivity index (χ1n) is 8.30. The lowest BCUT2D eigenvalue weighted by Gasteiger charge is -2.12. The minimum atomic E-state index is 0.611. The Morgan fingerprint density at radius 3 is 2.29 bits per heavy atom. The molecule has 0 amide bonds. The van der Waals surface area contributed by atoms with Crippen LogP contribution in [0.15, 0.2) is 48.1 Å². The summed E-state index contributed by atoms with van der Waals surface area (Å²) in [6, 6.07) is 8.96. The maximum atomic E-state index is 4.15. The topological polar surface area (TPSA) is 0 Å². The second-order valence-electron chi connectivity index (χ2n) is 6.75. The third-order valence-electron chi connectivity index (χ3n) is 4.40. The first kappa shape index (κ1) is 17.8. The molecule has 0 aliphatic carbocycles. The van der Waals surface area contributed by atoms with Crippen LogP contribution in [0.4, 0.5) is 0 Å². The molecule has 1 atom stereocenters. The van der Waals surface area contributed by atoms with E-state index in [4.69, 9.17) is 0 Å². The first-order chi connectivity index (χ1) is 9.90. The van der Waals surface area contributed by atoms with Crippen molar-refractivity contribution in [2.75, 3.05) is 0 Å². The van der Waals surface area contributed by atoms with E-state index in [9.17, 15) is 0 Å². The molecule has 0 radical (unpaired) electrons. The first-order valence-corrected chi connectivity index (χ1v) is 8.30. The number of allylic oxidation sites excluding steroid dienone is 3. The highest BCUT2D eigenvalue weighted by Crippen LogP contribution is 2.22. The van der Waals surface area contributed by atoms with Crippen LogP contribution in [0.25, 0.3) is 0 Å². The third kappa shape index (κ3) is 6.80. The summed E-state index contributed by atoms with van der Waals surface area (Å²) in [6.07, 6.45) is 7.11. The zero-order valence-electron chi connectivity index (χ0n) is 14.6. The van der Waals surface area contributed by atoms with Crippen LogP contribution in [0.5, 0.6) is 0 Å². The van der Waals surface area contributed by atoms with E-state index < -0.39 is 0 Å². The Bertz CT molecular complexity index is 459. The van der Waals surface area contributed by atoms with Gasteiger partial charge in [-0.25, -0.2) is 0 Å². The van der Waals surface area contributed by atoms with E-state index in [1.54, 1.807) is 0 Å². The van der Waals surface area contributed by atoms with Gasteiger partial charge in [0, 0.05) is 0 Å². The van der Waals surface area contributed by atoms with Crippen molar-refractivity contribution in [2.45, 2.75) is 66.2 Å². The van der Waals surface area contributed by atoms with E-state index in [-0.39, 0.29) is 0 Å². The summed E-state index contributed by atoms with van der Waals surface area (Å²) >= 11 is 0. The number of aryl methyl sites for hydroxylation is 1. The molecule has 0 saturated heterocycles. The molecule has 0 saturated carbocycles. The van der Waals surface area contributed by atoms with E-state index in [0.717, 1.165) is 12.8 Å². The van der Waals surface area contributed by atoms with Crippen LogP contribution in [-0.2, 0) is 0 Å². The van der Waals surface area contributed by atoms with Crippen molar-refractivity contribution in [1.82, 2.24) is 0 Å². The monoisotopic (exact) mass is 284 g/mol. The van der Waals surface area contributed by atoms with E-state index in [0.29, 0.717) is 11.8 Å². The zero-order valence-corrected chi connectivity index (χ0v) is 14.6. The molecular formula is C21H32. The van der Waals surface area contributed by atoms with Crippen molar-refractivity contribution in [1.29, 1.82) is 0 Å². The second kappa shape index (κ2) is 8.87. The van der Waals surface area contributed by atoms with Crippen molar-refractivity contribution in [3.05, 3.63) is 59.2 Å². The van der Waals surface area contributed by atoms with Gasteiger partial charge >= 0.3 is 0 Å². The lowest BCUT2D eigenvalue weighted by atomic mass is 9.94. The maximum absolute atomic E-state index is 4.15. The van der Waals surface area contributed by atoms with E-state index in [1.165, 1.54) is 35.1 Å². The summed E-state index contributed by atoms with van der Waals surface area (Å²) in [5, 5.41) is 0. The van der Waals surface area contributed by atoms with Crippen molar-refractivity contribution >= 4 is 0 Å². The van der Waals surface area contributed by atoms with Gasteiger partial charge in [-0.3, -0.25) is 0 Å². The fourth-order valence-electron chi connectivity index (χ4n) is 2.39. The van der Waals surface area contributed by atoms with Crippen molar-refractivity contribution in [3.8, 4) is 0 Å². The molecule has 0 nitrogen and oxygen atoms in total. The predicted octanol–water partition coefficient (Wildman–Crippen LogP) is 6.82. The van der Waals surface area contributed by atoms with Gasteiger partial charge < -0.3 is 0 Å². The van der Waals surface area contributed by atoms with Crippen LogP contribution >= 0.6 is 0 Å². The molecule has 21 heavy (non-hydrogen) atoms. The second-order valence-corrected chi connectivity index (χ2v) is 6.75. The van der Waals surface area contributed by atoms with Gasteiger partial charge in [0.05, 0.1) is 0 Å². The average Bonchev–Trinajstić information content (AvgIpc) is 2.45. The molecule has 0 spiro atoms. The molecule has 0 aliphatic heterocycles. The van der Waals surface area contributed by atoms with Crippen LogP contribution in [-0.4, -0.2) is 0 Å². The largest absolute Gasteiger partial charge is 0.0996 e. The molecule has 0 fully saturated rings. The normalized spacial score (nSPS) is 13.5. The lowest BCUT2D eigenvalue weighted by molar-refractivity contribution is 0.683. The molecule has 0 bridgehead atoms. The summed E-state index contributed by atoms with van der Waals surface area (Å²) in [5.41, 5.74) is 5.68. The maximum Gasteiger partial charge on any atom is -0.0187 e. The summed E-state index contributed by atoms with van der Waals surface area (Å²) in [7, 11) is 0. The van der Waals surface area contributed by atoms with Crippen molar-refractivity contribution in [2.24, 2.45) is 5.92 Å². The van der Waals surface area contributed by atoms with Gasteiger partial charge in [-0.15, -0.1) is 0 Å². The molecule has 1 aromatic rings. The summed E-state index contributed by atoms with van der Waals surface area (Å²) in [4.78, 5) is 0. The standard InChI is InChI=1S/C21H32/c1-16(2)19(5)13-10-17(3)8-7-9-20(6)21-14-11-18(4)12-15-21/h8,11-12,14-16,20H,5,7,9-10,13H2,1-4,6H3. The molecule has 0 N–H and O–H groups in total. The van der Waals surface area contributed by atoms with Gasteiger partial charge in [-0.1, -0.05) is 74.4 Å². The Morgan fingerprint density at radius 2 is 1.71 bits per heavy atom. The van der Waals surface area contributed by atoms with Crippen LogP contribution in [0.1, 0.15) is 70.4 Å². The third-order valence-corrected chi connectivity index (χ3v) is 4.40. The molecule has 0 heterocycles. The van der Waals surface area contributed by atoms with Crippen LogP contribution in [0.2, 0.25) is 0 Å². The van der Waals surface area contributed by atoms with Crippen LogP contribution in [0.3, 0.4) is 0 Å². The fraction of sp³-hybridized carbons (Fsp3) is 0.524. The van der Waals surface area contributed by atoms with Crippen molar-refractivity contribution in [3.63, 3.8) is 0 Å². The molecule has 1 rings (SSSR count). The molecule has 0 aliphatic rings. The average molecular weight is 284 g/mol. The minimum absolute atomic E-state index is 0.611. The number of rotatable bonds is 8. The highest BCUT2D eigenvalue weighted by Gasteiger charge is 2.04. The van der Waals surface area contributed by atoms with Gasteiger partial charge in [-0.05, 0) is 56.9 Å². The highest BCUT2D eigenvalue weighted by atomic mass is 14.1. The lowest BCUT2D eigenvalue weighted by Crippen LogP contribution is -1.94. The SMILES string of the molecule is C=C(CCC(C)=CCCC(C)c1ccc(C)cc1)C(C)C.